The van der Waals surface area contributed by atoms with E-state index >= 15 is 0 Å². The highest BCUT2D eigenvalue weighted by Crippen LogP contribution is 2.44. The van der Waals surface area contributed by atoms with Crippen LogP contribution in [0.3, 0.4) is 0 Å². The van der Waals surface area contributed by atoms with Gasteiger partial charge in [0.15, 0.2) is 0 Å². The van der Waals surface area contributed by atoms with E-state index in [4.69, 9.17) is 21.4 Å². The van der Waals surface area contributed by atoms with Crippen LogP contribution in [0, 0.1) is 0 Å². The number of nitrogens with one attached hydrogen (secondary N) is 1. The summed E-state index contributed by atoms with van der Waals surface area (Å²) in [4.78, 5) is 22.3. The van der Waals surface area contributed by atoms with Crippen LogP contribution in [0.15, 0.2) is 48.5 Å². The van der Waals surface area contributed by atoms with Gasteiger partial charge in [-0.3, -0.25) is 5.32 Å². The van der Waals surface area contributed by atoms with Gasteiger partial charge < -0.3 is 9.84 Å². The highest BCUT2D eigenvalue weighted by Gasteiger charge is 2.29. The fourth-order valence-corrected chi connectivity index (χ4v) is 2.89. The average molecular weight is 332 g/mol. The summed E-state index contributed by atoms with van der Waals surface area (Å²) in [5.74, 6) is -1.41. The van der Waals surface area contributed by atoms with Gasteiger partial charge in [-0.2, -0.15) is 0 Å². The van der Waals surface area contributed by atoms with Crippen LogP contribution in [0.25, 0.3) is 11.1 Å². The lowest BCUT2D eigenvalue weighted by atomic mass is 9.98. The van der Waals surface area contributed by atoms with Crippen LogP contribution in [0.5, 0.6) is 0 Å². The predicted molar refractivity (Wildman–Crippen MR) is 85.5 cm³/mol. The number of aliphatic carboxylic acids is 1. The maximum absolute atomic E-state index is 11.7. The quantitative estimate of drug-likeness (QED) is 0.666. The maximum Gasteiger partial charge on any atom is 0.408 e. The summed E-state index contributed by atoms with van der Waals surface area (Å²) in [7, 11) is 0. The Morgan fingerprint density at radius 2 is 1.61 bits per heavy atom. The molecule has 6 heteroatoms. The van der Waals surface area contributed by atoms with Crippen molar-refractivity contribution < 1.29 is 19.4 Å². The van der Waals surface area contributed by atoms with Gasteiger partial charge >= 0.3 is 12.1 Å². The number of amides is 1. The first-order chi connectivity index (χ1) is 11.1. The number of hydrogen-bond acceptors (Lipinski definition) is 3. The van der Waals surface area contributed by atoms with Gasteiger partial charge in [0.2, 0.25) is 5.50 Å². The van der Waals surface area contributed by atoms with Crippen molar-refractivity contribution in [3.63, 3.8) is 0 Å². The molecule has 0 aromatic heterocycles. The maximum atomic E-state index is 11.7. The van der Waals surface area contributed by atoms with E-state index in [0.717, 1.165) is 22.3 Å². The van der Waals surface area contributed by atoms with E-state index in [0.29, 0.717) is 0 Å². The number of carbonyl (C=O) groups excluding carboxylic acids is 1. The van der Waals surface area contributed by atoms with Crippen LogP contribution in [-0.2, 0) is 9.53 Å². The van der Waals surface area contributed by atoms with Crippen molar-refractivity contribution >= 4 is 23.7 Å². The predicted octanol–water partition coefficient (Wildman–Crippen LogP) is 3.17. The minimum absolute atomic E-state index is 0.0771. The Morgan fingerprint density at radius 3 is 2.13 bits per heavy atom. The lowest BCUT2D eigenvalue weighted by molar-refractivity contribution is -0.137. The number of carbonyl (C=O) groups is 2. The summed E-state index contributed by atoms with van der Waals surface area (Å²) in [6.45, 7) is 0.114. The van der Waals surface area contributed by atoms with Crippen LogP contribution >= 0.6 is 11.6 Å². The Balaban J connectivity index is 1.76. The Labute approximate surface area is 137 Å². The Morgan fingerprint density at radius 1 is 1.09 bits per heavy atom. The first-order valence-electron chi connectivity index (χ1n) is 7.06. The molecule has 0 heterocycles. The van der Waals surface area contributed by atoms with Gasteiger partial charge in [0, 0.05) is 5.92 Å². The van der Waals surface area contributed by atoms with Crippen LogP contribution in [0.1, 0.15) is 17.0 Å². The van der Waals surface area contributed by atoms with Crippen molar-refractivity contribution in [1.29, 1.82) is 0 Å². The molecule has 3 rings (SSSR count). The Kier molecular flexibility index (Phi) is 4.21. The Hall–Kier alpha value is -2.53. The number of benzene rings is 2. The lowest BCUT2D eigenvalue weighted by Crippen LogP contribution is -2.37. The summed E-state index contributed by atoms with van der Waals surface area (Å²) < 4.78 is 5.16. The number of fused-ring (bicyclic) bond motifs is 3. The second kappa shape index (κ2) is 6.30. The van der Waals surface area contributed by atoms with Crippen molar-refractivity contribution in [3.05, 3.63) is 59.7 Å². The highest BCUT2D eigenvalue weighted by atomic mass is 35.5. The van der Waals surface area contributed by atoms with Gasteiger partial charge in [-0.05, 0) is 22.3 Å². The van der Waals surface area contributed by atoms with Gasteiger partial charge in [-0.15, -0.1) is 0 Å². The van der Waals surface area contributed by atoms with Crippen LogP contribution in [-0.4, -0.2) is 29.3 Å². The molecule has 2 aromatic rings. The molecule has 0 aliphatic heterocycles. The van der Waals surface area contributed by atoms with Crippen molar-refractivity contribution in [2.24, 2.45) is 0 Å². The minimum Gasteiger partial charge on any atom is -0.479 e. The largest absolute Gasteiger partial charge is 0.479 e. The fourth-order valence-electron chi connectivity index (χ4n) is 2.81. The minimum atomic E-state index is -1.51. The normalized spacial score (nSPS) is 13.8. The molecule has 0 radical (unpaired) electrons. The van der Waals surface area contributed by atoms with Gasteiger partial charge in [-0.1, -0.05) is 60.1 Å². The number of alkyl halides is 1. The first-order valence-corrected chi connectivity index (χ1v) is 7.50. The third-order valence-corrected chi connectivity index (χ3v) is 4.10. The zero-order chi connectivity index (χ0) is 16.4. The molecule has 1 aliphatic rings. The molecule has 0 fully saturated rings. The molecule has 1 aliphatic carbocycles. The van der Waals surface area contributed by atoms with E-state index in [2.05, 4.69) is 5.32 Å². The summed E-state index contributed by atoms with van der Waals surface area (Å²) in [5.41, 5.74) is 2.91. The molecule has 118 valence electrons. The zero-order valence-corrected chi connectivity index (χ0v) is 12.8. The van der Waals surface area contributed by atoms with E-state index < -0.39 is 17.6 Å². The van der Waals surface area contributed by atoms with Crippen molar-refractivity contribution in [3.8, 4) is 11.1 Å². The number of rotatable bonds is 4. The number of ether oxygens (including phenoxy) is 1. The summed E-state index contributed by atoms with van der Waals surface area (Å²) in [6.07, 6.45) is -0.853. The van der Waals surface area contributed by atoms with Crippen LogP contribution in [0.4, 0.5) is 4.79 Å². The monoisotopic (exact) mass is 331 g/mol. The molecule has 2 N–H and O–H groups in total. The number of carboxylic acid groups (broad SMARTS) is 1. The molecule has 1 atom stereocenters. The number of halogens is 1. The molecule has 1 amide bonds. The number of alkyl carbamates (subject to hydrolysis) is 1. The van der Waals surface area contributed by atoms with Gasteiger partial charge in [-0.25, -0.2) is 9.59 Å². The zero-order valence-electron chi connectivity index (χ0n) is 12.0. The van der Waals surface area contributed by atoms with Gasteiger partial charge in [0.25, 0.3) is 0 Å². The molecule has 1 unspecified atom stereocenters. The number of carboxylic acids is 1. The molecule has 0 bridgehead atoms. The molecule has 23 heavy (non-hydrogen) atoms. The molecule has 0 saturated heterocycles. The van der Waals surface area contributed by atoms with Crippen molar-refractivity contribution in [2.45, 2.75) is 11.4 Å². The number of hydrogen-bond donors (Lipinski definition) is 2. The standard InChI is InChI=1S/C17H14ClNO4/c18-15(16(20)21)19-17(22)23-9-14-12-7-3-1-5-10(12)11-6-2-4-8-13(11)14/h1-8,14-15H,9H2,(H,19,22)(H,20,21). The van der Waals surface area contributed by atoms with Crippen LogP contribution in [0.2, 0.25) is 0 Å². The van der Waals surface area contributed by atoms with E-state index in [1.54, 1.807) is 0 Å². The molecule has 2 aromatic carbocycles. The second-order valence-corrected chi connectivity index (χ2v) is 5.61. The topological polar surface area (TPSA) is 75.6 Å². The van der Waals surface area contributed by atoms with Crippen LogP contribution < -0.4 is 5.32 Å². The summed E-state index contributed by atoms with van der Waals surface area (Å²) in [6, 6.07) is 15.9. The van der Waals surface area contributed by atoms with E-state index in [1.165, 1.54) is 0 Å². The smallest absolute Gasteiger partial charge is 0.408 e. The van der Waals surface area contributed by atoms with E-state index in [9.17, 15) is 9.59 Å². The third kappa shape index (κ3) is 3.00. The van der Waals surface area contributed by atoms with Crippen molar-refractivity contribution in [1.82, 2.24) is 5.32 Å². The lowest BCUT2D eigenvalue weighted by Gasteiger charge is -2.15. The summed E-state index contributed by atoms with van der Waals surface area (Å²) in [5, 5.41) is 10.7. The fraction of sp³-hybridized carbons (Fsp3) is 0.176. The van der Waals surface area contributed by atoms with Gasteiger partial charge in [0.1, 0.15) is 6.61 Å². The average Bonchev–Trinajstić information content (AvgIpc) is 2.87. The second-order valence-electron chi connectivity index (χ2n) is 5.17. The molecule has 5 nitrogen and oxygen atoms in total. The Bertz CT molecular complexity index is 716. The first kappa shape index (κ1) is 15.4. The van der Waals surface area contributed by atoms with Gasteiger partial charge in [0.05, 0.1) is 0 Å². The summed E-state index contributed by atoms with van der Waals surface area (Å²) >= 11 is 5.46. The van der Waals surface area contributed by atoms with E-state index in [1.807, 2.05) is 48.5 Å². The third-order valence-electron chi connectivity index (χ3n) is 3.81. The highest BCUT2D eigenvalue weighted by molar-refractivity contribution is 6.30. The molecule has 0 spiro atoms. The molecular formula is C17H14ClNO4. The van der Waals surface area contributed by atoms with E-state index in [-0.39, 0.29) is 12.5 Å². The molecule has 0 saturated carbocycles. The molecular weight excluding hydrogens is 318 g/mol. The van der Waals surface area contributed by atoms with Crippen molar-refractivity contribution in [2.75, 3.05) is 6.61 Å². The SMILES string of the molecule is O=C(NC(Cl)C(=O)O)OCC1c2ccccc2-c2ccccc21.